The molecular weight excluding hydrogens is 538 g/mol. The van der Waals surface area contributed by atoms with Crippen LogP contribution >= 0.6 is 15.9 Å². The molecule has 0 aliphatic rings. The number of aromatic nitrogens is 3. The maximum absolute atomic E-state index is 12.8. The minimum atomic E-state index is -0.631. The molecule has 0 saturated carbocycles. The molecule has 3 aromatic carbocycles. The summed E-state index contributed by atoms with van der Waals surface area (Å²) in [5, 5.41) is 12.3. The van der Waals surface area contributed by atoms with Crippen molar-refractivity contribution in [2.24, 2.45) is 0 Å². The maximum atomic E-state index is 12.8. The van der Waals surface area contributed by atoms with Gasteiger partial charge >= 0.3 is 0 Å². The molecule has 190 valence electrons. The molecular formula is C26H26BrN7O3. The molecule has 1 aromatic heterocycles. The Kier molecular flexibility index (Phi) is 8.37. The van der Waals surface area contributed by atoms with Crippen LogP contribution in [0.2, 0.25) is 0 Å². The van der Waals surface area contributed by atoms with Gasteiger partial charge in [-0.2, -0.15) is 15.0 Å². The molecule has 1 unspecified atom stereocenters. The van der Waals surface area contributed by atoms with E-state index in [1.807, 2.05) is 72.8 Å². The maximum Gasteiger partial charge on any atom is 0.246 e. The van der Waals surface area contributed by atoms with Crippen LogP contribution < -0.4 is 30.7 Å². The standard InChI is InChI=1S/C26H26BrN7O3/c1-16(23(35)29-18-6-4-17(27)5-7-18)28-24-32-25(30-19-8-12-21(36-2)13-9-19)34-26(33-24)31-20-10-14-22(37-3)15-11-20/h4-16H,1-3H3,(H,29,35)(H3,28,30,31,32,33,34). The molecule has 1 amide bonds. The van der Waals surface area contributed by atoms with Gasteiger partial charge in [0.05, 0.1) is 14.2 Å². The van der Waals surface area contributed by atoms with E-state index in [1.165, 1.54) is 0 Å². The van der Waals surface area contributed by atoms with E-state index < -0.39 is 6.04 Å². The van der Waals surface area contributed by atoms with Gasteiger partial charge in [-0.05, 0) is 79.7 Å². The van der Waals surface area contributed by atoms with Crippen LogP contribution in [-0.2, 0) is 4.79 Å². The first kappa shape index (κ1) is 25.7. The molecule has 4 aromatic rings. The first-order valence-electron chi connectivity index (χ1n) is 11.3. The SMILES string of the molecule is COc1ccc(Nc2nc(Nc3ccc(OC)cc3)nc(NC(C)C(=O)Nc3ccc(Br)cc3)n2)cc1. The van der Waals surface area contributed by atoms with Gasteiger partial charge in [-0.25, -0.2) is 0 Å². The number of hydrogen-bond acceptors (Lipinski definition) is 9. The van der Waals surface area contributed by atoms with Gasteiger partial charge in [-0.1, -0.05) is 15.9 Å². The number of ether oxygens (including phenoxy) is 2. The highest BCUT2D eigenvalue weighted by Crippen LogP contribution is 2.22. The predicted molar refractivity (Wildman–Crippen MR) is 148 cm³/mol. The summed E-state index contributed by atoms with van der Waals surface area (Å²) in [5.74, 6) is 2.03. The van der Waals surface area contributed by atoms with Crippen LogP contribution in [0.1, 0.15) is 6.92 Å². The first-order chi connectivity index (χ1) is 17.9. The number of halogens is 1. The highest BCUT2D eigenvalue weighted by atomic mass is 79.9. The van der Waals surface area contributed by atoms with E-state index in [9.17, 15) is 4.79 Å². The van der Waals surface area contributed by atoms with Crippen LogP contribution in [0.5, 0.6) is 11.5 Å². The summed E-state index contributed by atoms with van der Waals surface area (Å²) in [6, 6.07) is 21.4. The van der Waals surface area contributed by atoms with E-state index in [0.29, 0.717) is 17.6 Å². The molecule has 1 heterocycles. The van der Waals surface area contributed by atoms with Gasteiger partial charge < -0.3 is 30.7 Å². The number of amides is 1. The molecule has 0 radical (unpaired) electrons. The van der Waals surface area contributed by atoms with Crippen molar-refractivity contribution in [3.8, 4) is 11.5 Å². The zero-order chi connectivity index (χ0) is 26.2. The molecule has 0 aliphatic heterocycles. The van der Waals surface area contributed by atoms with Crippen LogP contribution in [0.4, 0.5) is 34.9 Å². The number of anilines is 6. The summed E-state index contributed by atoms with van der Waals surface area (Å²) in [4.78, 5) is 26.2. The second kappa shape index (κ2) is 12.0. The monoisotopic (exact) mass is 563 g/mol. The number of carbonyl (C=O) groups is 1. The van der Waals surface area contributed by atoms with Crippen molar-refractivity contribution in [2.45, 2.75) is 13.0 Å². The summed E-state index contributed by atoms with van der Waals surface area (Å²) in [6.07, 6.45) is 0. The van der Waals surface area contributed by atoms with Gasteiger partial charge in [-0.15, -0.1) is 0 Å². The Balaban J connectivity index is 1.54. The zero-order valence-electron chi connectivity index (χ0n) is 20.4. The first-order valence-corrected chi connectivity index (χ1v) is 12.1. The summed E-state index contributed by atoms with van der Waals surface area (Å²) in [7, 11) is 3.22. The summed E-state index contributed by atoms with van der Waals surface area (Å²) < 4.78 is 11.4. The number of methoxy groups -OCH3 is 2. The lowest BCUT2D eigenvalue weighted by atomic mass is 10.2. The second-order valence-corrected chi connectivity index (χ2v) is 8.79. The van der Waals surface area contributed by atoms with Gasteiger partial charge in [0.25, 0.3) is 0 Å². The summed E-state index contributed by atoms with van der Waals surface area (Å²) in [6.45, 7) is 1.73. The van der Waals surface area contributed by atoms with Crippen molar-refractivity contribution < 1.29 is 14.3 Å². The molecule has 0 aliphatic carbocycles. The summed E-state index contributed by atoms with van der Waals surface area (Å²) >= 11 is 3.39. The largest absolute Gasteiger partial charge is 0.497 e. The van der Waals surface area contributed by atoms with Crippen molar-refractivity contribution in [1.82, 2.24) is 15.0 Å². The molecule has 0 spiro atoms. The van der Waals surface area contributed by atoms with Crippen molar-refractivity contribution in [3.05, 3.63) is 77.3 Å². The molecule has 0 saturated heterocycles. The third-order valence-corrected chi connectivity index (χ3v) is 5.71. The molecule has 4 N–H and O–H groups in total. The van der Waals surface area contributed by atoms with Gasteiger partial charge in [-0.3, -0.25) is 4.79 Å². The Bertz CT molecular complexity index is 1270. The Hall–Kier alpha value is -4.38. The average Bonchev–Trinajstić information content (AvgIpc) is 2.90. The minimum absolute atomic E-state index is 0.223. The summed E-state index contributed by atoms with van der Waals surface area (Å²) in [5.41, 5.74) is 2.20. The normalized spacial score (nSPS) is 11.2. The van der Waals surface area contributed by atoms with Crippen molar-refractivity contribution in [2.75, 3.05) is 35.5 Å². The third kappa shape index (κ3) is 7.31. The highest BCUT2D eigenvalue weighted by Gasteiger charge is 2.16. The average molecular weight is 564 g/mol. The Morgan fingerprint density at radius 1 is 0.703 bits per heavy atom. The van der Waals surface area contributed by atoms with Crippen molar-refractivity contribution in [1.29, 1.82) is 0 Å². The fourth-order valence-electron chi connectivity index (χ4n) is 3.20. The van der Waals surface area contributed by atoms with Crippen LogP contribution in [0, 0.1) is 0 Å². The Labute approximate surface area is 223 Å². The molecule has 0 fully saturated rings. The van der Waals surface area contributed by atoms with Crippen molar-refractivity contribution in [3.63, 3.8) is 0 Å². The Morgan fingerprint density at radius 2 is 1.14 bits per heavy atom. The van der Waals surface area contributed by atoms with Crippen LogP contribution in [0.25, 0.3) is 0 Å². The second-order valence-electron chi connectivity index (χ2n) is 7.88. The molecule has 11 heteroatoms. The van der Waals surface area contributed by atoms with Gasteiger partial charge in [0.1, 0.15) is 17.5 Å². The highest BCUT2D eigenvalue weighted by molar-refractivity contribution is 9.10. The fourth-order valence-corrected chi connectivity index (χ4v) is 3.47. The lowest BCUT2D eigenvalue weighted by Gasteiger charge is -2.16. The topological polar surface area (TPSA) is 122 Å². The Morgan fingerprint density at radius 3 is 1.59 bits per heavy atom. The van der Waals surface area contributed by atoms with Gasteiger partial charge in [0, 0.05) is 21.5 Å². The van der Waals surface area contributed by atoms with E-state index in [1.54, 1.807) is 21.1 Å². The predicted octanol–water partition coefficient (Wildman–Crippen LogP) is 5.58. The van der Waals surface area contributed by atoms with Gasteiger partial charge in [0.15, 0.2) is 0 Å². The molecule has 37 heavy (non-hydrogen) atoms. The third-order valence-electron chi connectivity index (χ3n) is 5.18. The molecule has 1 atom stereocenters. The minimum Gasteiger partial charge on any atom is -0.497 e. The van der Waals surface area contributed by atoms with Crippen LogP contribution in [0.15, 0.2) is 77.3 Å². The molecule has 4 rings (SSSR count). The van der Waals surface area contributed by atoms with Crippen LogP contribution in [-0.4, -0.2) is 41.1 Å². The lowest BCUT2D eigenvalue weighted by Crippen LogP contribution is -2.32. The van der Waals surface area contributed by atoms with Crippen LogP contribution in [0.3, 0.4) is 0 Å². The van der Waals surface area contributed by atoms with E-state index in [0.717, 1.165) is 27.3 Å². The van der Waals surface area contributed by atoms with E-state index in [4.69, 9.17) is 9.47 Å². The number of benzene rings is 3. The number of hydrogen-bond donors (Lipinski definition) is 4. The van der Waals surface area contributed by atoms with Gasteiger partial charge in [0.2, 0.25) is 23.8 Å². The number of carbonyl (C=O) groups excluding carboxylic acids is 1. The molecule has 0 bridgehead atoms. The van der Waals surface area contributed by atoms with Crippen molar-refractivity contribution >= 4 is 56.7 Å². The number of nitrogens with one attached hydrogen (secondary N) is 4. The quantitative estimate of drug-likeness (QED) is 0.196. The smallest absolute Gasteiger partial charge is 0.246 e. The van der Waals surface area contributed by atoms with E-state index in [-0.39, 0.29) is 11.9 Å². The lowest BCUT2D eigenvalue weighted by molar-refractivity contribution is -0.116. The molecule has 10 nitrogen and oxygen atoms in total. The zero-order valence-corrected chi connectivity index (χ0v) is 22.0. The number of rotatable bonds is 10. The van der Waals surface area contributed by atoms with E-state index >= 15 is 0 Å². The fraction of sp³-hybridized carbons (Fsp3) is 0.154. The van der Waals surface area contributed by atoms with E-state index in [2.05, 4.69) is 52.1 Å². The number of nitrogens with zero attached hydrogens (tertiary/aromatic N) is 3.